The van der Waals surface area contributed by atoms with Crippen LogP contribution in [0.15, 0.2) is 41.6 Å². The van der Waals surface area contributed by atoms with Gasteiger partial charge in [0.2, 0.25) is 5.91 Å². The molecule has 164 valence electrons. The van der Waals surface area contributed by atoms with Crippen molar-refractivity contribution in [2.45, 2.75) is 46.0 Å². The number of carbonyl (C=O) groups is 1. The first-order valence-corrected chi connectivity index (χ1v) is 11.1. The van der Waals surface area contributed by atoms with E-state index < -0.39 is 0 Å². The van der Waals surface area contributed by atoms with Crippen molar-refractivity contribution in [3.63, 3.8) is 0 Å². The molecular weight excluding hydrogens is 412 g/mol. The number of nitrogens with one attached hydrogen (secondary N) is 1. The zero-order valence-electron chi connectivity index (χ0n) is 18.6. The Balaban J connectivity index is 1.61. The Morgan fingerprint density at radius 2 is 1.81 bits per heavy atom. The molecule has 8 heteroatoms. The van der Waals surface area contributed by atoms with Crippen molar-refractivity contribution in [2.24, 2.45) is 0 Å². The predicted octanol–water partition coefficient (Wildman–Crippen LogP) is 4.54. The highest BCUT2D eigenvalue weighted by Crippen LogP contribution is 2.29. The van der Waals surface area contributed by atoms with Gasteiger partial charge in [0.05, 0.1) is 12.9 Å². The van der Waals surface area contributed by atoms with Gasteiger partial charge in [0.25, 0.3) is 0 Å². The molecule has 0 spiro atoms. The predicted molar refractivity (Wildman–Crippen MR) is 123 cm³/mol. The Morgan fingerprint density at radius 1 is 1.06 bits per heavy atom. The number of hydrogen-bond donors (Lipinski definition) is 1. The van der Waals surface area contributed by atoms with Gasteiger partial charge in [-0.1, -0.05) is 35.5 Å². The van der Waals surface area contributed by atoms with Crippen molar-refractivity contribution in [3.8, 4) is 11.5 Å². The number of ether oxygens (including phenoxy) is 2. The maximum atomic E-state index is 12.4. The smallest absolute Gasteiger partial charge is 0.234 e. The molecule has 31 heavy (non-hydrogen) atoms. The van der Waals surface area contributed by atoms with Gasteiger partial charge < -0.3 is 19.4 Å². The highest BCUT2D eigenvalue weighted by Gasteiger charge is 2.15. The quantitative estimate of drug-likeness (QED) is 0.492. The minimum Gasteiger partial charge on any atom is -0.493 e. The van der Waals surface area contributed by atoms with Crippen molar-refractivity contribution in [1.29, 1.82) is 0 Å². The molecule has 1 heterocycles. The van der Waals surface area contributed by atoms with Crippen molar-refractivity contribution >= 4 is 23.4 Å². The molecular formula is C23H28N4O3S. The summed E-state index contributed by atoms with van der Waals surface area (Å²) in [5, 5.41) is 12.2. The average molecular weight is 441 g/mol. The van der Waals surface area contributed by atoms with E-state index in [2.05, 4.69) is 15.5 Å². The number of rotatable bonds is 9. The van der Waals surface area contributed by atoms with Crippen LogP contribution in [0, 0.1) is 20.8 Å². The number of nitrogens with zero attached hydrogens (tertiary/aromatic N) is 3. The van der Waals surface area contributed by atoms with E-state index in [1.807, 2.05) is 68.7 Å². The molecule has 7 nitrogen and oxygen atoms in total. The minimum absolute atomic E-state index is 0.0789. The number of anilines is 1. The summed E-state index contributed by atoms with van der Waals surface area (Å²) in [6, 6.07) is 11.7. The number of methoxy groups -OCH3 is 1. The van der Waals surface area contributed by atoms with Gasteiger partial charge in [-0.25, -0.2) is 0 Å². The number of aryl methyl sites for hydroxylation is 3. The normalized spacial score (nSPS) is 10.7. The van der Waals surface area contributed by atoms with Gasteiger partial charge >= 0.3 is 0 Å². The molecule has 3 aromatic rings. The lowest BCUT2D eigenvalue weighted by molar-refractivity contribution is -0.113. The van der Waals surface area contributed by atoms with E-state index >= 15 is 0 Å². The number of benzene rings is 2. The lowest BCUT2D eigenvalue weighted by Gasteiger charge is -2.12. The van der Waals surface area contributed by atoms with Crippen LogP contribution >= 0.6 is 11.8 Å². The van der Waals surface area contributed by atoms with Gasteiger partial charge in [0, 0.05) is 12.2 Å². The van der Waals surface area contributed by atoms with Crippen LogP contribution in [0.3, 0.4) is 0 Å². The molecule has 0 aliphatic carbocycles. The maximum Gasteiger partial charge on any atom is 0.234 e. The summed E-state index contributed by atoms with van der Waals surface area (Å²) >= 11 is 1.36. The minimum atomic E-state index is -0.0789. The van der Waals surface area contributed by atoms with Crippen molar-refractivity contribution < 1.29 is 14.3 Å². The Labute approximate surface area is 187 Å². The number of thioether (sulfide) groups is 1. The lowest BCUT2D eigenvalue weighted by atomic mass is 10.1. The van der Waals surface area contributed by atoms with Gasteiger partial charge in [0.15, 0.2) is 22.5 Å². The van der Waals surface area contributed by atoms with Gasteiger partial charge in [-0.05, 0) is 57.0 Å². The van der Waals surface area contributed by atoms with Crippen molar-refractivity contribution in [3.05, 3.63) is 58.9 Å². The molecule has 3 rings (SSSR count). The number of amides is 1. The first kappa shape index (κ1) is 22.7. The Hall–Kier alpha value is -3.00. The van der Waals surface area contributed by atoms with Crippen LogP contribution in [0.5, 0.6) is 11.5 Å². The summed E-state index contributed by atoms with van der Waals surface area (Å²) in [5.41, 5.74) is 4.13. The van der Waals surface area contributed by atoms with Gasteiger partial charge in [-0.15, -0.1) is 10.2 Å². The zero-order chi connectivity index (χ0) is 22.4. The van der Waals surface area contributed by atoms with E-state index in [4.69, 9.17) is 9.47 Å². The first-order valence-electron chi connectivity index (χ1n) is 10.1. The van der Waals surface area contributed by atoms with Crippen molar-refractivity contribution in [1.82, 2.24) is 14.8 Å². The summed E-state index contributed by atoms with van der Waals surface area (Å²) < 4.78 is 13.3. The second-order valence-electron chi connectivity index (χ2n) is 7.24. The van der Waals surface area contributed by atoms with Crippen LogP contribution in [-0.4, -0.2) is 33.5 Å². The van der Waals surface area contributed by atoms with E-state index in [-0.39, 0.29) is 18.3 Å². The van der Waals surface area contributed by atoms with E-state index in [9.17, 15) is 4.79 Å². The molecule has 2 aromatic carbocycles. The Kier molecular flexibility index (Phi) is 7.57. The molecule has 0 saturated carbocycles. The second-order valence-corrected chi connectivity index (χ2v) is 8.18. The third-order valence-electron chi connectivity index (χ3n) is 4.77. The highest BCUT2D eigenvalue weighted by atomic mass is 32.2. The Morgan fingerprint density at radius 3 is 2.52 bits per heavy atom. The van der Waals surface area contributed by atoms with Crippen LogP contribution in [0.2, 0.25) is 0 Å². The molecule has 1 amide bonds. The number of carbonyl (C=O) groups excluding carboxylic acids is 1. The summed E-state index contributed by atoms with van der Waals surface area (Å²) in [6.07, 6.45) is 0. The molecule has 0 bridgehead atoms. The van der Waals surface area contributed by atoms with Crippen LogP contribution in [0.1, 0.15) is 29.4 Å². The summed E-state index contributed by atoms with van der Waals surface area (Å²) in [6.45, 7) is 8.97. The highest BCUT2D eigenvalue weighted by molar-refractivity contribution is 7.99. The molecule has 1 N–H and O–H groups in total. The van der Waals surface area contributed by atoms with E-state index in [1.165, 1.54) is 17.3 Å². The van der Waals surface area contributed by atoms with Crippen molar-refractivity contribution in [2.75, 3.05) is 18.2 Å². The van der Waals surface area contributed by atoms with Crippen LogP contribution in [0.25, 0.3) is 0 Å². The molecule has 0 aliphatic heterocycles. The SMILES string of the molecule is CCn1c(COc2ccc(C)cc2OC)nnc1SCC(=O)Nc1ccc(C)cc1C. The average Bonchev–Trinajstić information content (AvgIpc) is 3.15. The summed E-state index contributed by atoms with van der Waals surface area (Å²) in [4.78, 5) is 12.4. The zero-order valence-corrected chi connectivity index (χ0v) is 19.4. The Bertz CT molecular complexity index is 1060. The third-order valence-corrected chi connectivity index (χ3v) is 5.74. The van der Waals surface area contributed by atoms with Crippen LogP contribution in [-0.2, 0) is 17.9 Å². The first-order chi connectivity index (χ1) is 14.9. The monoisotopic (exact) mass is 440 g/mol. The standard InChI is InChI=1S/C23H28N4O3S/c1-6-27-21(13-30-19-10-8-16(3)12-20(19)29-5)25-26-23(27)31-14-22(28)24-18-9-7-15(2)11-17(18)4/h7-12H,6,13-14H2,1-5H3,(H,24,28). The van der Waals surface area contributed by atoms with Gasteiger partial charge in [-0.2, -0.15) is 0 Å². The van der Waals surface area contributed by atoms with Gasteiger partial charge in [-0.3, -0.25) is 4.79 Å². The van der Waals surface area contributed by atoms with Crippen LogP contribution in [0.4, 0.5) is 5.69 Å². The number of aromatic nitrogens is 3. The molecule has 0 radical (unpaired) electrons. The molecule has 0 atom stereocenters. The van der Waals surface area contributed by atoms with E-state index in [0.717, 1.165) is 16.8 Å². The topological polar surface area (TPSA) is 78.3 Å². The largest absolute Gasteiger partial charge is 0.493 e. The van der Waals surface area contributed by atoms with Crippen LogP contribution < -0.4 is 14.8 Å². The molecule has 0 aliphatic rings. The maximum absolute atomic E-state index is 12.4. The fraction of sp³-hybridized carbons (Fsp3) is 0.348. The summed E-state index contributed by atoms with van der Waals surface area (Å²) in [7, 11) is 1.62. The fourth-order valence-electron chi connectivity index (χ4n) is 3.16. The molecule has 0 saturated heterocycles. The second kappa shape index (κ2) is 10.3. The molecule has 0 fully saturated rings. The fourth-order valence-corrected chi connectivity index (χ4v) is 3.98. The third kappa shape index (κ3) is 5.79. The molecule has 0 unspecified atom stereocenters. The van der Waals surface area contributed by atoms with Gasteiger partial charge in [0.1, 0.15) is 6.61 Å². The summed E-state index contributed by atoms with van der Waals surface area (Å²) in [5.74, 6) is 2.20. The number of hydrogen-bond acceptors (Lipinski definition) is 6. The van der Waals surface area contributed by atoms with E-state index in [1.54, 1.807) is 7.11 Å². The van der Waals surface area contributed by atoms with E-state index in [0.29, 0.717) is 29.0 Å². The lowest BCUT2D eigenvalue weighted by Crippen LogP contribution is -2.15. The molecule has 1 aromatic heterocycles.